The van der Waals surface area contributed by atoms with Gasteiger partial charge < -0.3 is 5.32 Å². The highest BCUT2D eigenvalue weighted by Gasteiger charge is 2.34. The van der Waals surface area contributed by atoms with Gasteiger partial charge in [-0.2, -0.15) is 0 Å². The molecule has 17 heavy (non-hydrogen) atoms. The van der Waals surface area contributed by atoms with E-state index in [9.17, 15) is 4.79 Å². The smallest absolute Gasteiger partial charge is 0.230 e. The lowest BCUT2D eigenvalue weighted by Crippen LogP contribution is -2.35. The molecule has 0 aliphatic heterocycles. The maximum Gasteiger partial charge on any atom is 0.230 e. The van der Waals surface area contributed by atoms with Gasteiger partial charge >= 0.3 is 0 Å². The van der Waals surface area contributed by atoms with Crippen molar-refractivity contribution in [1.82, 2.24) is 0 Å². The van der Waals surface area contributed by atoms with Crippen molar-refractivity contribution in [3.05, 3.63) is 24.3 Å². The van der Waals surface area contributed by atoms with Gasteiger partial charge in [0.2, 0.25) is 5.91 Å². The summed E-state index contributed by atoms with van der Waals surface area (Å²) in [7, 11) is 0. The Hall–Kier alpha value is -1.09. The second-order valence-electron chi connectivity index (χ2n) is 5.07. The Morgan fingerprint density at radius 3 is 2.53 bits per heavy atom. The summed E-state index contributed by atoms with van der Waals surface area (Å²) in [4.78, 5) is 13.0. The highest BCUT2D eigenvalue weighted by atomic mass is 32.1. The van der Waals surface area contributed by atoms with Crippen molar-refractivity contribution in [1.29, 1.82) is 0 Å². The lowest BCUT2D eigenvalue weighted by atomic mass is 9.75. The van der Waals surface area contributed by atoms with Crippen LogP contribution in [0.4, 0.5) is 5.69 Å². The molecule has 0 aromatic heterocycles. The van der Waals surface area contributed by atoms with E-state index >= 15 is 0 Å². The molecular weight excluding hydrogens is 230 g/mol. The Kier molecular flexibility index (Phi) is 3.67. The monoisotopic (exact) mass is 248 g/mol. The minimum absolute atomic E-state index is 0.120. The standard InChI is InChI=1S/C14H18NOS/c1-14(9-5-2-6-10-14)13(16)15-11-7-3-4-8-12(11)17/h3-4,7-8H,2,5-6,9-10H2,1H3,(H,15,16). The van der Waals surface area contributed by atoms with Crippen LogP contribution in [0.2, 0.25) is 0 Å². The molecule has 1 fully saturated rings. The van der Waals surface area contributed by atoms with Crippen LogP contribution in [0.3, 0.4) is 0 Å². The van der Waals surface area contributed by atoms with Gasteiger partial charge in [-0.15, -0.1) is 0 Å². The molecule has 1 aromatic rings. The summed E-state index contributed by atoms with van der Waals surface area (Å²) in [6.45, 7) is 2.06. The molecule has 0 unspecified atom stereocenters. The third kappa shape index (κ3) is 2.78. The Morgan fingerprint density at radius 2 is 1.88 bits per heavy atom. The highest BCUT2D eigenvalue weighted by molar-refractivity contribution is 7.80. The number of nitrogens with one attached hydrogen (secondary N) is 1. The molecule has 1 saturated carbocycles. The number of carbonyl (C=O) groups excluding carboxylic acids is 1. The lowest BCUT2D eigenvalue weighted by molar-refractivity contribution is -0.126. The van der Waals surface area contributed by atoms with E-state index < -0.39 is 0 Å². The van der Waals surface area contributed by atoms with Gasteiger partial charge in [-0.3, -0.25) is 4.79 Å². The van der Waals surface area contributed by atoms with Gasteiger partial charge in [0.05, 0.1) is 10.6 Å². The average molecular weight is 248 g/mol. The van der Waals surface area contributed by atoms with Crippen molar-refractivity contribution >= 4 is 24.2 Å². The van der Waals surface area contributed by atoms with Crippen LogP contribution in [0.1, 0.15) is 39.0 Å². The van der Waals surface area contributed by atoms with Gasteiger partial charge in [0, 0.05) is 5.41 Å². The molecule has 1 N–H and O–H groups in total. The van der Waals surface area contributed by atoms with Gasteiger partial charge in [0.25, 0.3) is 0 Å². The zero-order chi connectivity index (χ0) is 12.3. The number of hydrogen-bond acceptors (Lipinski definition) is 1. The van der Waals surface area contributed by atoms with Gasteiger partial charge in [-0.05, 0) is 25.0 Å². The topological polar surface area (TPSA) is 29.1 Å². The average Bonchev–Trinajstić information content (AvgIpc) is 2.33. The number of rotatable bonds is 2. The summed E-state index contributed by atoms with van der Waals surface area (Å²) in [5.74, 6) is 0.120. The van der Waals surface area contributed by atoms with Crippen molar-refractivity contribution < 1.29 is 4.79 Å². The predicted molar refractivity (Wildman–Crippen MR) is 72.1 cm³/mol. The Bertz CT molecular complexity index is 410. The molecule has 1 aliphatic carbocycles. The molecule has 1 aromatic carbocycles. The fourth-order valence-electron chi connectivity index (χ4n) is 2.40. The van der Waals surface area contributed by atoms with E-state index in [0.29, 0.717) is 4.90 Å². The molecule has 91 valence electrons. The SMILES string of the molecule is CC1(C(=O)Nc2ccccc2[S])CCCCC1. The molecule has 2 rings (SSSR count). The van der Waals surface area contributed by atoms with Crippen LogP contribution in [-0.4, -0.2) is 5.91 Å². The molecule has 0 heterocycles. The van der Waals surface area contributed by atoms with E-state index in [4.69, 9.17) is 12.6 Å². The first-order valence-electron chi connectivity index (χ1n) is 6.19. The predicted octanol–water partition coefficient (Wildman–Crippen LogP) is 4.15. The minimum Gasteiger partial charge on any atom is -0.324 e. The first-order valence-corrected chi connectivity index (χ1v) is 6.60. The second-order valence-corrected chi connectivity index (χ2v) is 5.51. The first-order chi connectivity index (χ1) is 8.12. The van der Waals surface area contributed by atoms with Crippen LogP contribution in [0, 0.1) is 5.41 Å². The molecule has 0 spiro atoms. The first kappa shape index (κ1) is 12.4. The van der Waals surface area contributed by atoms with Crippen molar-refractivity contribution in [2.45, 2.75) is 43.9 Å². The molecule has 2 nitrogen and oxygen atoms in total. The Labute approximate surface area is 108 Å². The largest absolute Gasteiger partial charge is 0.324 e. The van der Waals surface area contributed by atoms with Crippen LogP contribution < -0.4 is 5.32 Å². The quantitative estimate of drug-likeness (QED) is 0.837. The van der Waals surface area contributed by atoms with E-state index in [0.717, 1.165) is 31.4 Å². The summed E-state index contributed by atoms with van der Waals surface area (Å²) in [6, 6.07) is 7.50. The normalized spacial score (nSPS) is 18.6. The molecule has 3 heteroatoms. The zero-order valence-corrected chi connectivity index (χ0v) is 11.0. The molecule has 0 saturated heterocycles. The van der Waals surface area contributed by atoms with Crippen molar-refractivity contribution in [3.63, 3.8) is 0 Å². The van der Waals surface area contributed by atoms with Crippen LogP contribution in [0.15, 0.2) is 29.2 Å². The summed E-state index contributed by atoms with van der Waals surface area (Å²) in [5, 5.41) is 2.98. The Balaban J connectivity index is 2.08. The van der Waals surface area contributed by atoms with E-state index in [1.165, 1.54) is 6.42 Å². The molecule has 1 radical (unpaired) electrons. The second kappa shape index (κ2) is 5.05. The Morgan fingerprint density at radius 1 is 1.24 bits per heavy atom. The van der Waals surface area contributed by atoms with Gasteiger partial charge in [0.1, 0.15) is 0 Å². The number of benzene rings is 1. The number of hydrogen-bond donors (Lipinski definition) is 1. The van der Waals surface area contributed by atoms with Crippen molar-refractivity contribution in [2.24, 2.45) is 5.41 Å². The number of amides is 1. The van der Waals surface area contributed by atoms with E-state index in [-0.39, 0.29) is 11.3 Å². The molecule has 0 atom stereocenters. The minimum atomic E-state index is -0.212. The van der Waals surface area contributed by atoms with Gasteiger partial charge in [0.15, 0.2) is 0 Å². The number of para-hydroxylation sites is 1. The number of anilines is 1. The third-order valence-corrected chi connectivity index (χ3v) is 4.00. The van der Waals surface area contributed by atoms with Crippen LogP contribution >= 0.6 is 12.6 Å². The van der Waals surface area contributed by atoms with Crippen LogP contribution in [0.25, 0.3) is 0 Å². The lowest BCUT2D eigenvalue weighted by Gasteiger charge is -2.32. The van der Waals surface area contributed by atoms with E-state index in [1.54, 1.807) is 0 Å². The molecule has 1 aliphatic rings. The molecular formula is C14H18NOS. The maximum absolute atomic E-state index is 12.3. The van der Waals surface area contributed by atoms with Gasteiger partial charge in [-0.1, -0.05) is 50.9 Å². The summed E-state index contributed by atoms with van der Waals surface area (Å²) in [6.07, 6.45) is 5.52. The summed E-state index contributed by atoms with van der Waals surface area (Å²) < 4.78 is 0. The van der Waals surface area contributed by atoms with Gasteiger partial charge in [-0.25, -0.2) is 0 Å². The van der Waals surface area contributed by atoms with Crippen molar-refractivity contribution in [3.8, 4) is 0 Å². The van der Waals surface area contributed by atoms with Crippen LogP contribution in [0.5, 0.6) is 0 Å². The third-order valence-electron chi connectivity index (χ3n) is 3.64. The summed E-state index contributed by atoms with van der Waals surface area (Å²) >= 11 is 5.19. The summed E-state index contributed by atoms with van der Waals surface area (Å²) in [5.41, 5.74) is 0.551. The van der Waals surface area contributed by atoms with E-state index in [2.05, 4.69) is 12.2 Å². The maximum atomic E-state index is 12.3. The highest BCUT2D eigenvalue weighted by Crippen LogP contribution is 2.37. The van der Waals surface area contributed by atoms with E-state index in [1.807, 2.05) is 24.3 Å². The molecule has 1 amide bonds. The van der Waals surface area contributed by atoms with Crippen molar-refractivity contribution in [2.75, 3.05) is 5.32 Å². The number of carbonyl (C=O) groups is 1. The zero-order valence-electron chi connectivity index (χ0n) is 10.2. The fourth-order valence-corrected chi connectivity index (χ4v) is 2.60. The molecule has 0 bridgehead atoms. The van der Waals surface area contributed by atoms with Crippen LogP contribution in [-0.2, 0) is 4.79 Å². The fraction of sp³-hybridized carbons (Fsp3) is 0.500.